The van der Waals surface area contributed by atoms with E-state index in [4.69, 9.17) is 0 Å². The number of amides is 1. The van der Waals surface area contributed by atoms with Crippen LogP contribution in [0.1, 0.15) is 24.3 Å². The van der Waals surface area contributed by atoms with Gasteiger partial charge in [0.05, 0.1) is 0 Å². The minimum Gasteiger partial charge on any atom is -0.373 e. The average molecular weight is 283 g/mol. The maximum Gasteiger partial charge on any atom is 0.272 e. The summed E-state index contributed by atoms with van der Waals surface area (Å²) in [5.74, 6) is 1.90. The molecule has 2 unspecified atom stereocenters. The van der Waals surface area contributed by atoms with Crippen LogP contribution in [0.25, 0.3) is 10.8 Å². The van der Waals surface area contributed by atoms with Gasteiger partial charge in [-0.15, -0.1) is 0 Å². The standard InChI is InChI=1S/C17H21N3O/c1-11-9-20(10-12(11)2)17(21)15-8-13-6-4-5-7-14(13)16(18-3)19-15/h4-8,11-12H,9-10H2,1-3H3,(H,18,19). The van der Waals surface area contributed by atoms with Crippen LogP contribution in [0.15, 0.2) is 30.3 Å². The molecule has 4 heteroatoms. The maximum absolute atomic E-state index is 12.7. The number of pyridine rings is 1. The topological polar surface area (TPSA) is 45.2 Å². The van der Waals surface area contributed by atoms with Crippen molar-refractivity contribution in [2.24, 2.45) is 11.8 Å². The number of rotatable bonds is 2. The number of carbonyl (C=O) groups is 1. The maximum atomic E-state index is 12.7. The second-order valence-corrected chi connectivity index (χ2v) is 5.99. The first-order valence-electron chi connectivity index (χ1n) is 7.47. The molecule has 2 aromatic rings. The number of likely N-dealkylation sites (tertiary alicyclic amines) is 1. The SMILES string of the molecule is CNc1nc(C(=O)N2CC(C)C(C)C2)cc2ccccc12. The molecule has 1 aliphatic heterocycles. The normalized spacial score (nSPS) is 21.8. The third-order valence-corrected chi connectivity index (χ3v) is 4.47. The molecule has 0 aliphatic carbocycles. The lowest BCUT2D eigenvalue weighted by molar-refractivity contribution is 0.0779. The van der Waals surface area contributed by atoms with Crippen molar-refractivity contribution in [2.45, 2.75) is 13.8 Å². The fraction of sp³-hybridized carbons (Fsp3) is 0.412. The van der Waals surface area contributed by atoms with Gasteiger partial charge < -0.3 is 10.2 Å². The Morgan fingerprint density at radius 3 is 2.57 bits per heavy atom. The van der Waals surface area contributed by atoms with Crippen molar-refractivity contribution in [3.63, 3.8) is 0 Å². The lowest BCUT2D eigenvalue weighted by Crippen LogP contribution is -2.29. The summed E-state index contributed by atoms with van der Waals surface area (Å²) in [6.07, 6.45) is 0. The Hall–Kier alpha value is -2.10. The highest BCUT2D eigenvalue weighted by molar-refractivity contribution is 6.00. The first kappa shape index (κ1) is 13.9. The molecule has 2 atom stereocenters. The summed E-state index contributed by atoms with van der Waals surface area (Å²) in [7, 11) is 1.84. The highest BCUT2D eigenvalue weighted by atomic mass is 16.2. The van der Waals surface area contributed by atoms with Gasteiger partial charge in [0.2, 0.25) is 0 Å². The van der Waals surface area contributed by atoms with E-state index in [1.807, 2.05) is 42.3 Å². The lowest BCUT2D eigenvalue weighted by Gasteiger charge is -2.16. The number of aromatic nitrogens is 1. The van der Waals surface area contributed by atoms with Crippen LogP contribution in [-0.4, -0.2) is 35.9 Å². The van der Waals surface area contributed by atoms with Crippen molar-refractivity contribution < 1.29 is 4.79 Å². The van der Waals surface area contributed by atoms with E-state index < -0.39 is 0 Å². The Morgan fingerprint density at radius 2 is 1.90 bits per heavy atom. The van der Waals surface area contributed by atoms with Crippen LogP contribution in [0.3, 0.4) is 0 Å². The smallest absolute Gasteiger partial charge is 0.272 e. The molecule has 0 saturated carbocycles. The summed E-state index contributed by atoms with van der Waals surface area (Å²) < 4.78 is 0. The molecule has 1 fully saturated rings. The monoisotopic (exact) mass is 283 g/mol. The van der Waals surface area contributed by atoms with Crippen LogP contribution < -0.4 is 5.32 Å². The molecule has 4 nitrogen and oxygen atoms in total. The summed E-state index contributed by atoms with van der Waals surface area (Å²) in [5, 5.41) is 5.18. The molecule has 0 spiro atoms. The van der Waals surface area contributed by atoms with Crippen LogP contribution in [-0.2, 0) is 0 Å². The highest BCUT2D eigenvalue weighted by Crippen LogP contribution is 2.26. The zero-order valence-corrected chi connectivity index (χ0v) is 12.8. The number of nitrogens with one attached hydrogen (secondary N) is 1. The van der Waals surface area contributed by atoms with Gasteiger partial charge in [-0.2, -0.15) is 0 Å². The molecule has 3 rings (SSSR count). The van der Waals surface area contributed by atoms with Gasteiger partial charge in [0.15, 0.2) is 0 Å². The second kappa shape index (κ2) is 5.35. The van der Waals surface area contributed by atoms with Crippen molar-refractivity contribution >= 4 is 22.5 Å². The molecule has 1 amide bonds. The van der Waals surface area contributed by atoms with Gasteiger partial charge in [-0.1, -0.05) is 38.1 Å². The van der Waals surface area contributed by atoms with Crippen molar-refractivity contribution in [3.8, 4) is 0 Å². The fourth-order valence-corrected chi connectivity index (χ4v) is 2.96. The first-order valence-corrected chi connectivity index (χ1v) is 7.47. The van der Waals surface area contributed by atoms with E-state index in [1.165, 1.54) is 0 Å². The lowest BCUT2D eigenvalue weighted by atomic mass is 10.0. The molecular weight excluding hydrogens is 262 g/mol. The Morgan fingerprint density at radius 1 is 1.24 bits per heavy atom. The average Bonchev–Trinajstić information content (AvgIpc) is 2.84. The molecule has 1 saturated heterocycles. The van der Waals surface area contributed by atoms with Crippen LogP contribution in [0.4, 0.5) is 5.82 Å². The van der Waals surface area contributed by atoms with E-state index in [2.05, 4.69) is 24.1 Å². The van der Waals surface area contributed by atoms with Crippen LogP contribution in [0.5, 0.6) is 0 Å². The largest absolute Gasteiger partial charge is 0.373 e. The minimum absolute atomic E-state index is 0.0356. The number of hydrogen-bond acceptors (Lipinski definition) is 3. The predicted octanol–water partition coefficient (Wildman–Crippen LogP) is 3.00. The number of benzene rings is 1. The van der Waals surface area contributed by atoms with Gasteiger partial charge in [0.25, 0.3) is 5.91 Å². The minimum atomic E-state index is 0.0356. The summed E-state index contributed by atoms with van der Waals surface area (Å²) in [5.41, 5.74) is 0.527. The summed E-state index contributed by atoms with van der Waals surface area (Å²) in [4.78, 5) is 19.1. The molecule has 0 radical (unpaired) electrons. The van der Waals surface area contributed by atoms with Gasteiger partial charge in [-0.05, 0) is 23.3 Å². The Balaban J connectivity index is 1.99. The Labute approximate surface area is 125 Å². The third-order valence-electron chi connectivity index (χ3n) is 4.47. The molecule has 21 heavy (non-hydrogen) atoms. The number of hydrogen-bond donors (Lipinski definition) is 1. The van der Waals surface area contributed by atoms with E-state index in [0.717, 1.165) is 29.7 Å². The Bertz CT molecular complexity index is 673. The third kappa shape index (κ3) is 2.46. The molecule has 0 bridgehead atoms. The summed E-state index contributed by atoms with van der Waals surface area (Å²) >= 11 is 0. The van der Waals surface area contributed by atoms with E-state index in [0.29, 0.717) is 17.5 Å². The van der Waals surface area contributed by atoms with Gasteiger partial charge in [0.1, 0.15) is 11.5 Å². The zero-order valence-electron chi connectivity index (χ0n) is 12.8. The van der Waals surface area contributed by atoms with Gasteiger partial charge >= 0.3 is 0 Å². The van der Waals surface area contributed by atoms with Crippen LogP contribution in [0.2, 0.25) is 0 Å². The van der Waals surface area contributed by atoms with Crippen LogP contribution in [0, 0.1) is 11.8 Å². The van der Waals surface area contributed by atoms with E-state index in [9.17, 15) is 4.79 Å². The second-order valence-electron chi connectivity index (χ2n) is 5.99. The number of carbonyl (C=O) groups excluding carboxylic acids is 1. The molecule has 1 aliphatic rings. The van der Waals surface area contributed by atoms with E-state index in [-0.39, 0.29) is 5.91 Å². The molecule has 110 valence electrons. The summed E-state index contributed by atoms with van der Waals surface area (Å²) in [6.45, 7) is 6.04. The first-order chi connectivity index (χ1) is 10.1. The van der Waals surface area contributed by atoms with Crippen molar-refractivity contribution in [2.75, 3.05) is 25.5 Å². The fourth-order valence-electron chi connectivity index (χ4n) is 2.96. The van der Waals surface area contributed by atoms with Crippen molar-refractivity contribution in [1.29, 1.82) is 0 Å². The Kier molecular flexibility index (Phi) is 3.53. The van der Waals surface area contributed by atoms with E-state index in [1.54, 1.807) is 0 Å². The van der Waals surface area contributed by atoms with Crippen molar-refractivity contribution in [1.82, 2.24) is 9.88 Å². The molecule has 1 aromatic carbocycles. The highest BCUT2D eigenvalue weighted by Gasteiger charge is 2.30. The molecule has 1 N–H and O–H groups in total. The number of anilines is 1. The number of nitrogens with zero attached hydrogens (tertiary/aromatic N) is 2. The van der Waals surface area contributed by atoms with Gasteiger partial charge in [-0.3, -0.25) is 4.79 Å². The molecular formula is C17H21N3O. The van der Waals surface area contributed by atoms with Crippen LogP contribution >= 0.6 is 0 Å². The van der Waals surface area contributed by atoms with Gasteiger partial charge in [0, 0.05) is 25.5 Å². The predicted molar refractivity (Wildman–Crippen MR) is 85.5 cm³/mol. The zero-order chi connectivity index (χ0) is 15.0. The van der Waals surface area contributed by atoms with E-state index >= 15 is 0 Å². The molecule has 1 aromatic heterocycles. The quantitative estimate of drug-likeness (QED) is 0.921. The molecule has 2 heterocycles. The van der Waals surface area contributed by atoms with Crippen molar-refractivity contribution in [3.05, 3.63) is 36.0 Å². The summed E-state index contributed by atoms with van der Waals surface area (Å²) in [6, 6.07) is 9.89. The number of fused-ring (bicyclic) bond motifs is 1. The van der Waals surface area contributed by atoms with Gasteiger partial charge in [-0.25, -0.2) is 4.98 Å².